The molecule has 3 aromatic rings. The minimum Gasteiger partial charge on any atom is -0.484 e. The summed E-state index contributed by atoms with van der Waals surface area (Å²) in [4.78, 5) is 17.1. The molecule has 0 radical (unpaired) electrons. The van der Waals surface area contributed by atoms with Gasteiger partial charge in [-0.2, -0.15) is 0 Å². The van der Waals surface area contributed by atoms with E-state index in [9.17, 15) is 13.6 Å². The largest absolute Gasteiger partial charge is 0.484 e. The number of rotatable bonds is 5. The number of benzene rings is 2. The predicted octanol–water partition coefficient (Wildman–Crippen LogP) is 4.72. The van der Waals surface area contributed by atoms with E-state index in [2.05, 4.69) is 10.3 Å². The fraction of sp³-hybridized carbons (Fsp3) is 0.158. The molecule has 0 aliphatic rings. The monoisotopic (exact) mass is 374 g/mol. The maximum atomic E-state index is 13.4. The van der Waals surface area contributed by atoms with Gasteiger partial charge in [0.15, 0.2) is 23.4 Å². The Hall–Kier alpha value is -2.80. The molecule has 4 nitrogen and oxygen atoms in total. The van der Waals surface area contributed by atoms with Crippen LogP contribution in [0.3, 0.4) is 0 Å². The lowest BCUT2D eigenvalue weighted by Crippen LogP contribution is -2.20. The number of hydrogen-bond donors (Lipinski definition) is 1. The summed E-state index contributed by atoms with van der Waals surface area (Å²) in [6.07, 6.45) is 0. The number of nitrogens with one attached hydrogen (secondary N) is 1. The molecule has 0 saturated carbocycles. The number of aromatic nitrogens is 1. The highest BCUT2D eigenvalue weighted by molar-refractivity contribution is 7.16. The third kappa shape index (κ3) is 4.23. The van der Waals surface area contributed by atoms with Gasteiger partial charge in [-0.15, -0.1) is 11.3 Å². The molecule has 0 saturated heterocycles. The summed E-state index contributed by atoms with van der Waals surface area (Å²) in [6, 6.07) is 11.0. The first-order valence-corrected chi connectivity index (χ1v) is 8.66. The third-order valence-electron chi connectivity index (χ3n) is 3.60. The van der Waals surface area contributed by atoms with E-state index in [4.69, 9.17) is 4.74 Å². The number of hydrogen-bond acceptors (Lipinski definition) is 4. The maximum absolute atomic E-state index is 13.4. The molecule has 0 bridgehead atoms. The van der Waals surface area contributed by atoms with Crippen molar-refractivity contribution >= 4 is 22.4 Å². The number of thiazole rings is 1. The lowest BCUT2D eigenvalue weighted by molar-refractivity contribution is -0.118. The summed E-state index contributed by atoms with van der Waals surface area (Å²) in [5.74, 6) is -1.59. The van der Waals surface area contributed by atoms with Crippen LogP contribution in [0.2, 0.25) is 0 Å². The van der Waals surface area contributed by atoms with Gasteiger partial charge in [-0.3, -0.25) is 10.1 Å². The molecular weight excluding hydrogens is 358 g/mol. The van der Waals surface area contributed by atoms with Gasteiger partial charge < -0.3 is 4.74 Å². The normalized spacial score (nSPS) is 10.6. The SMILES string of the molecule is Cc1cccc(OCC(=O)Nc2nc(-c3ccc(F)c(F)c3)c(C)s2)c1. The Kier molecular flexibility index (Phi) is 5.27. The van der Waals surface area contributed by atoms with Crippen molar-refractivity contribution in [1.29, 1.82) is 0 Å². The van der Waals surface area contributed by atoms with Gasteiger partial charge in [0, 0.05) is 10.4 Å². The average Bonchev–Trinajstić information content (AvgIpc) is 2.96. The highest BCUT2D eigenvalue weighted by atomic mass is 32.1. The smallest absolute Gasteiger partial charge is 0.264 e. The van der Waals surface area contributed by atoms with Gasteiger partial charge in [0.05, 0.1) is 5.69 Å². The molecule has 7 heteroatoms. The maximum Gasteiger partial charge on any atom is 0.264 e. The van der Waals surface area contributed by atoms with Crippen molar-refractivity contribution in [3.05, 3.63) is 64.5 Å². The molecule has 1 heterocycles. The molecule has 134 valence electrons. The van der Waals surface area contributed by atoms with Crippen LogP contribution < -0.4 is 10.1 Å². The van der Waals surface area contributed by atoms with Crippen LogP contribution in [0.4, 0.5) is 13.9 Å². The molecule has 1 aromatic heterocycles. The summed E-state index contributed by atoms with van der Waals surface area (Å²) >= 11 is 1.26. The van der Waals surface area contributed by atoms with Gasteiger partial charge in [-0.1, -0.05) is 12.1 Å². The zero-order valence-corrected chi connectivity index (χ0v) is 15.0. The summed E-state index contributed by atoms with van der Waals surface area (Å²) < 4.78 is 31.9. The first kappa shape index (κ1) is 18.0. The molecule has 0 fully saturated rings. The lowest BCUT2D eigenvalue weighted by atomic mass is 10.1. The average molecular weight is 374 g/mol. The van der Waals surface area contributed by atoms with E-state index in [1.165, 1.54) is 17.4 Å². The van der Waals surface area contributed by atoms with E-state index in [0.29, 0.717) is 22.1 Å². The van der Waals surface area contributed by atoms with E-state index in [1.54, 1.807) is 13.0 Å². The number of halogens is 2. The molecule has 1 N–H and O–H groups in total. The molecule has 0 aliphatic carbocycles. The zero-order valence-electron chi connectivity index (χ0n) is 14.2. The number of nitrogens with zero attached hydrogens (tertiary/aromatic N) is 1. The molecule has 0 aliphatic heterocycles. The van der Waals surface area contributed by atoms with Crippen LogP contribution in [0.5, 0.6) is 5.75 Å². The molecule has 0 atom stereocenters. The Morgan fingerprint density at radius 2 is 1.96 bits per heavy atom. The van der Waals surface area contributed by atoms with Gasteiger partial charge in [0.25, 0.3) is 5.91 Å². The van der Waals surface area contributed by atoms with E-state index < -0.39 is 11.6 Å². The topological polar surface area (TPSA) is 51.2 Å². The Morgan fingerprint density at radius 3 is 2.69 bits per heavy atom. The third-order valence-corrected chi connectivity index (χ3v) is 4.48. The van der Waals surface area contributed by atoms with Crippen LogP contribution in [-0.4, -0.2) is 17.5 Å². The molecular formula is C19H16F2N2O2S. The summed E-state index contributed by atoms with van der Waals surface area (Å²) in [6.45, 7) is 3.58. The predicted molar refractivity (Wildman–Crippen MR) is 97.5 cm³/mol. The van der Waals surface area contributed by atoms with E-state index in [-0.39, 0.29) is 12.5 Å². The Bertz CT molecular complexity index is 956. The van der Waals surface area contributed by atoms with Crippen LogP contribution in [-0.2, 0) is 4.79 Å². The number of amides is 1. The van der Waals surface area contributed by atoms with Crippen molar-refractivity contribution in [2.45, 2.75) is 13.8 Å². The fourth-order valence-electron chi connectivity index (χ4n) is 2.37. The highest BCUT2D eigenvalue weighted by Gasteiger charge is 2.14. The van der Waals surface area contributed by atoms with Gasteiger partial charge in [-0.25, -0.2) is 13.8 Å². The van der Waals surface area contributed by atoms with Crippen molar-refractivity contribution < 1.29 is 18.3 Å². The van der Waals surface area contributed by atoms with Crippen molar-refractivity contribution in [2.75, 3.05) is 11.9 Å². The van der Waals surface area contributed by atoms with E-state index >= 15 is 0 Å². The summed E-state index contributed by atoms with van der Waals surface area (Å²) in [7, 11) is 0. The van der Waals surface area contributed by atoms with Gasteiger partial charge >= 0.3 is 0 Å². The molecule has 0 spiro atoms. The van der Waals surface area contributed by atoms with Gasteiger partial charge in [0.2, 0.25) is 0 Å². The van der Waals surface area contributed by atoms with Crippen LogP contribution >= 0.6 is 11.3 Å². The second-order valence-electron chi connectivity index (χ2n) is 5.71. The molecule has 3 rings (SSSR count). The molecule has 26 heavy (non-hydrogen) atoms. The Labute approximate surface area is 153 Å². The van der Waals surface area contributed by atoms with Gasteiger partial charge in [0.1, 0.15) is 5.75 Å². The second-order valence-corrected chi connectivity index (χ2v) is 6.91. The number of aryl methyl sites for hydroxylation is 2. The number of anilines is 1. The van der Waals surface area contributed by atoms with Crippen molar-refractivity contribution in [3.63, 3.8) is 0 Å². The van der Waals surface area contributed by atoms with Crippen LogP contribution in [0.25, 0.3) is 11.3 Å². The van der Waals surface area contributed by atoms with Crippen molar-refractivity contribution in [2.24, 2.45) is 0 Å². The summed E-state index contributed by atoms with van der Waals surface area (Å²) in [5, 5.41) is 3.03. The van der Waals surface area contributed by atoms with E-state index in [1.807, 2.05) is 25.1 Å². The van der Waals surface area contributed by atoms with Crippen LogP contribution in [0, 0.1) is 25.5 Å². The van der Waals surface area contributed by atoms with Crippen LogP contribution in [0.1, 0.15) is 10.4 Å². The first-order valence-electron chi connectivity index (χ1n) is 7.84. The highest BCUT2D eigenvalue weighted by Crippen LogP contribution is 2.31. The zero-order chi connectivity index (χ0) is 18.7. The standard InChI is InChI=1S/C19H16F2N2O2S/c1-11-4-3-5-14(8-11)25-10-17(24)22-19-23-18(12(2)26-19)13-6-7-15(20)16(21)9-13/h3-9H,10H2,1-2H3,(H,22,23,24). The quantitative estimate of drug-likeness (QED) is 0.703. The lowest BCUT2D eigenvalue weighted by Gasteiger charge is -2.06. The Balaban J connectivity index is 1.67. The fourth-order valence-corrected chi connectivity index (χ4v) is 3.22. The second kappa shape index (κ2) is 7.61. The Morgan fingerprint density at radius 1 is 1.15 bits per heavy atom. The minimum absolute atomic E-state index is 0.150. The summed E-state index contributed by atoms with van der Waals surface area (Å²) in [5.41, 5.74) is 1.99. The molecule has 1 amide bonds. The number of carbonyl (C=O) groups is 1. The van der Waals surface area contributed by atoms with Crippen LogP contribution in [0.15, 0.2) is 42.5 Å². The van der Waals surface area contributed by atoms with Gasteiger partial charge in [-0.05, 0) is 49.7 Å². The van der Waals surface area contributed by atoms with Crippen molar-refractivity contribution in [1.82, 2.24) is 4.98 Å². The number of carbonyl (C=O) groups excluding carboxylic acids is 1. The minimum atomic E-state index is -0.938. The van der Waals surface area contributed by atoms with Crippen molar-refractivity contribution in [3.8, 4) is 17.0 Å². The first-order chi connectivity index (χ1) is 12.4. The van der Waals surface area contributed by atoms with E-state index in [0.717, 1.165) is 22.6 Å². The molecule has 0 unspecified atom stereocenters. The number of ether oxygens (including phenoxy) is 1. The molecule has 2 aromatic carbocycles.